The fourth-order valence-corrected chi connectivity index (χ4v) is 4.60. The average molecular weight is 569 g/mol. The number of methoxy groups -OCH3 is 2. The van der Waals surface area contributed by atoms with Gasteiger partial charge in [-0.2, -0.15) is 0 Å². The Labute approximate surface area is 199 Å². The molecule has 3 N–H and O–H groups in total. The van der Waals surface area contributed by atoms with E-state index in [0.717, 1.165) is 12.0 Å². The molecule has 0 amide bonds. The zero-order valence-corrected chi connectivity index (χ0v) is 21.3. The second-order valence-corrected chi connectivity index (χ2v) is 8.90. The number of aliphatic imine (C=N–C) groups is 1. The van der Waals surface area contributed by atoms with E-state index >= 15 is 0 Å². The number of nitrogens with zero attached hydrogens (tertiary/aromatic N) is 1. The van der Waals surface area contributed by atoms with Crippen molar-refractivity contribution in [2.24, 2.45) is 4.99 Å². The molecule has 1 aromatic heterocycles. The van der Waals surface area contributed by atoms with E-state index in [2.05, 4.69) is 20.3 Å². The Hall–Kier alpha value is -1.57. The van der Waals surface area contributed by atoms with Crippen molar-refractivity contribution in [3.63, 3.8) is 0 Å². The number of hydrogen-bond acceptors (Lipinski definition) is 6. The minimum atomic E-state index is -3.46. The van der Waals surface area contributed by atoms with Crippen LogP contribution in [-0.2, 0) is 16.4 Å². The number of sulfonamides is 1. The molecular formula is C19H29IN4O4S2. The number of nitrogens with one attached hydrogen (secondary N) is 3. The molecule has 0 aliphatic carbocycles. The SMILES string of the molecule is CCNC(=NCCNS(=O)(=O)c1cccs1)NCCc1ccc(OC)c(OC)c1.I. The Bertz CT molecular complexity index is 890. The molecule has 0 spiro atoms. The van der Waals surface area contributed by atoms with Gasteiger partial charge in [0.25, 0.3) is 0 Å². The number of ether oxygens (including phenoxy) is 2. The highest BCUT2D eigenvalue weighted by molar-refractivity contribution is 14.0. The first-order valence-corrected chi connectivity index (χ1v) is 11.6. The van der Waals surface area contributed by atoms with Crippen molar-refractivity contribution in [3.8, 4) is 11.5 Å². The first kappa shape index (κ1) is 26.5. The molecule has 11 heteroatoms. The van der Waals surface area contributed by atoms with Gasteiger partial charge in [-0.15, -0.1) is 35.3 Å². The van der Waals surface area contributed by atoms with Crippen LogP contribution >= 0.6 is 35.3 Å². The highest BCUT2D eigenvalue weighted by Gasteiger charge is 2.13. The predicted molar refractivity (Wildman–Crippen MR) is 132 cm³/mol. The number of thiophene rings is 1. The van der Waals surface area contributed by atoms with Gasteiger partial charge < -0.3 is 20.1 Å². The van der Waals surface area contributed by atoms with Gasteiger partial charge in [-0.3, -0.25) is 4.99 Å². The molecule has 0 unspecified atom stereocenters. The van der Waals surface area contributed by atoms with Crippen LogP contribution in [0.2, 0.25) is 0 Å². The molecule has 0 aliphatic rings. The second kappa shape index (κ2) is 13.7. The van der Waals surface area contributed by atoms with Crippen molar-refractivity contribution in [2.75, 3.05) is 40.4 Å². The molecule has 0 aliphatic heterocycles. The standard InChI is InChI=1S/C19H28N4O4S2.HI/c1-4-20-19(22-11-12-23-29(24,25)18-6-5-13-28-18)21-10-9-15-7-8-16(26-2)17(14-15)27-3;/h5-8,13-14,23H,4,9-12H2,1-3H3,(H2,20,21,22);1H. The third-order valence-electron chi connectivity index (χ3n) is 3.93. The normalized spacial score (nSPS) is 11.5. The molecule has 0 fully saturated rings. The number of hydrogen-bond donors (Lipinski definition) is 3. The lowest BCUT2D eigenvalue weighted by atomic mass is 10.1. The van der Waals surface area contributed by atoms with Gasteiger partial charge in [-0.05, 0) is 42.5 Å². The van der Waals surface area contributed by atoms with Crippen molar-refractivity contribution in [1.82, 2.24) is 15.4 Å². The maximum Gasteiger partial charge on any atom is 0.250 e. The molecule has 30 heavy (non-hydrogen) atoms. The second-order valence-electron chi connectivity index (χ2n) is 5.96. The third kappa shape index (κ3) is 8.28. The summed E-state index contributed by atoms with van der Waals surface area (Å²) in [6.07, 6.45) is 0.774. The smallest absolute Gasteiger partial charge is 0.250 e. The lowest BCUT2D eigenvalue weighted by Crippen LogP contribution is -2.39. The fourth-order valence-electron chi connectivity index (χ4n) is 2.54. The monoisotopic (exact) mass is 568 g/mol. The molecule has 2 aromatic rings. The summed E-state index contributed by atoms with van der Waals surface area (Å²) in [6, 6.07) is 9.11. The molecule has 0 saturated heterocycles. The van der Waals surface area contributed by atoms with Gasteiger partial charge in [0, 0.05) is 19.6 Å². The highest BCUT2D eigenvalue weighted by Crippen LogP contribution is 2.27. The third-order valence-corrected chi connectivity index (χ3v) is 6.79. The molecular weight excluding hydrogens is 539 g/mol. The van der Waals surface area contributed by atoms with Crippen LogP contribution in [0.15, 0.2) is 44.9 Å². The lowest BCUT2D eigenvalue weighted by Gasteiger charge is -2.13. The van der Waals surface area contributed by atoms with Crippen LogP contribution in [0, 0.1) is 0 Å². The molecule has 0 saturated carbocycles. The van der Waals surface area contributed by atoms with E-state index in [1.54, 1.807) is 31.7 Å². The van der Waals surface area contributed by atoms with Gasteiger partial charge in [0.15, 0.2) is 17.5 Å². The molecule has 168 valence electrons. The van der Waals surface area contributed by atoms with Crippen molar-refractivity contribution < 1.29 is 17.9 Å². The van der Waals surface area contributed by atoms with E-state index in [1.807, 2.05) is 25.1 Å². The van der Waals surface area contributed by atoms with E-state index in [1.165, 1.54) is 11.3 Å². The van der Waals surface area contributed by atoms with Crippen LogP contribution in [0.4, 0.5) is 0 Å². The Morgan fingerprint density at radius 2 is 1.87 bits per heavy atom. The van der Waals surface area contributed by atoms with E-state index in [9.17, 15) is 8.42 Å². The summed E-state index contributed by atoms with van der Waals surface area (Å²) in [5.74, 6) is 2.04. The minimum Gasteiger partial charge on any atom is -0.493 e. The predicted octanol–water partition coefficient (Wildman–Crippen LogP) is 2.46. The number of rotatable bonds is 11. The van der Waals surface area contributed by atoms with Crippen LogP contribution in [0.3, 0.4) is 0 Å². The zero-order valence-electron chi connectivity index (χ0n) is 17.3. The Kier molecular flexibility index (Phi) is 12.1. The molecule has 0 radical (unpaired) electrons. The van der Waals surface area contributed by atoms with Gasteiger partial charge in [0.05, 0.1) is 20.8 Å². The lowest BCUT2D eigenvalue weighted by molar-refractivity contribution is 0.354. The largest absolute Gasteiger partial charge is 0.493 e. The van der Waals surface area contributed by atoms with Gasteiger partial charge in [0.1, 0.15) is 4.21 Å². The first-order chi connectivity index (χ1) is 14.0. The molecule has 0 bridgehead atoms. The summed E-state index contributed by atoms with van der Waals surface area (Å²) in [7, 11) is -0.233. The van der Waals surface area contributed by atoms with Crippen molar-refractivity contribution in [3.05, 3.63) is 41.3 Å². The quantitative estimate of drug-likeness (QED) is 0.167. The maximum absolute atomic E-state index is 12.1. The molecule has 0 atom stereocenters. The van der Waals surface area contributed by atoms with E-state index < -0.39 is 10.0 Å². The summed E-state index contributed by atoms with van der Waals surface area (Å²) in [4.78, 5) is 4.42. The summed E-state index contributed by atoms with van der Waals surface area (Å²) < 4.78 is 37.6. The summed E-state index contributed by atoms with van der Waals surface area (Å²) in [6.45, 7) is 3.92. The fraction of sp³-hybridized carbons (Fsp3) is 0.421. The Morgan fingerprint density at radius 1 is 1.10 bits per heavy atom. The van der Waals surface area contributed by atoms with Gasteiger partial charge in [-0.1, -0.05) is 12.1 Å². The number of guanidine groups is 1. The van der Waals surface area contributed by atoms with Gasteiger partial charge in [-0.25, -0.2) is 13.1 Å². The number of halogens is 1. The molecule has 2 rings (SSSR count). The first-order valence-electron chi connectivity index (χ1n) is 9.26. The van der Waals surface area contributed by atoms with Crippen LogP contribution in [0.5, 0.6) is 11.5 Å². The molecule has 8 nitrogen and oxygen atoms in total. The van der Waals surface area contributed by atoms with Crippen molar-refractivity contribution in [1.29, 1.82) is 0 Å². The average Bonchev–Trinajstić information content (AvgIpc) is 3.27. The molecule has 1 aromatic carbocycles. The van der Waals surface area contributed by atoms with E-state index in [-0.39, 0.29) is 30.5 Å². The van der Waals surface area contributed by atoms with E-state index in [4.69, 9.17) is 9.47 Å². The van der Waals surface area contributed by atoms with E-state index in [0.29, 0.717) is 41.3 Å². The summed E-state index contributed by atoms with van der Waals surface area (Å²) >= 11 is 1.19. The van der Waals surface area contributed by atoms with Crippen molar-refractivity contribution in [2.45, 2.75) is 17.6 Å². The molecule has 1 heterocycles. The van der Waals surface area contributed by atoms with Crippen LogP contribution in [-0.4, -0.2) is 54.8 Å². The zero-order chi connectivity index (χ0) is 21.1. The van der Waals surface area contributed by atoms with Gasteiger partial charge >= 0.3 is 0 Å². The minimum absolute atomic E-state index is 0. The van der Waals surface area contributed by atoms with Crippen LogP contribution < -0.4 is 24.8 Å². The Balaban J connectivity index is 0.00000450. The van der Waals surface area contributed by atoms with Crippen LogP contribution in [0.25, 0.3) is 0 Å². The number of benzene rings is 1. The van der Waals surface area contributed by atoms with Crippen LogP contribution in [0.1, 0.15) is 12.5 Å². The summed E-state index contributed by atoms with van der Waals surface area (Å²) in [5, 5.41) is 8.14. The topological polar surface area (TPSA) is 101 Å². The Morgan fingerprint density at radius 3 is 2.50 bits per heavy atom. The maximum atomic E-state index is 12.1. The summed E-state index contributed by atoms with van der Waals surface area (Å²) in [5.41, 5.74) is 1.11. The van der Waals surface area contributed by atoms with Gasteiger partial charge in [0.2, 0.25) is 10.0 Å². The van der Waals surface area contributed by atoms with Crippen molar-refractivity contribution >= 4 is 51.3 Å². The highest BCUT2D eigenvalue weighted by atomic mass is 127.